The molecule has 2 aromatic carbocycles. The van der Waals surface area contributed by atoms with E-state index in [1.165, 1.54) is 6.07 Å². The average Bonchev–Trinajstić information content (AvgIpc) is 3.07. The van der Waals surface area contributed by atoms with Gasteiger partial charge >= 0.3 is 0 Å². The molecule has 0 amide bonds. The van der Waals surface area contributed by atoms with Crippen LogP contribution in [0.15, 0.2) is 65.6 Å². The number of rotatable bonds is 7. The summed E-state index contributed by atoms with van der Waals surface area (Å²) in [6.45, 7) is 7.88. The molecule has 0 aliphatic carbocycles. The molecule has 33 heavy (non-hydrogen) atoms. The van der Waals surface area contributed by atoms with Crippen molar-refractivity contribution >= 4 is 22.6 Å². The van der Waals surface area contributed by atoms with Crippen LogP contribution in [0.3, 0.4) is 0 Å². The molecule has 0 saturated heterocycles. The second-order valence-corrected chi connectivity index (χ2v) is 9.74. The Hall–Kier alpha value is -3.09. The van der Waals surface area contributed by atoms with E-state index in [1.807, 2.05) is 54.1 Å². The molecule has 4 rings (SSSR count). The second kappa shape index (κ2) is 9.41. The van der Waals surface area contributed by atoms with E-state index in [0.717, 1.165) is 28.1 Å². The normalized spacial score (nSPS) is 11.8. The first-order chi connectivity index (χ1) is 15.7. The van der Waals surface area contributed by atoms with Gasteiger partial charge in [-0.3, -0.25) is 9.36 Å². The Bertz CT molecular complexity index is 1320. The molecule has 2 heterocycles. The zero-order valence-electron chi connectivity index (χ0n) is 19.3. The van der Waals surface area contributed by atoms with Gasteiger partial charge in [0.1, 0.15) is 24.8 Å². The van der Waals surface area contributed by atoms with Crippen LogP contribution < -0.4 is 10.3 Å². The Balaban J connectivity index is 1.51. The molecule has 6 nitrogen and oxygen atoms in total. The monoisotopic (exact) mass is 465 g/mol. The molecular weight excluding hydrogens is 438 g/mol. The lowest BCUT2D eigenvalue weighted by molar-refractivity contribution is 0.0552. The minimum atomic E-state index is -0.168. The van der Waals surface area contributed by atoms with Gasteiger partial charge in [-0.25, -0.2) is 4.98 Å². The van der Waals surface area contributed by atoms with E-state index in [-0.39, 0.29) is 11.0 Å². The number of fused-ring (bicyclic) bond motifs is 1. The lowest BCUT2D eigenvalue weighted by Crippen LogP contribution is -2.16. The summed E-state index contributed by atoms with van der Waals surface area (Å²) in [5, 5.41) is 0.677. The maximum absolute atomic E-state index is 12.8. The molecule has 0 fully saturated rings. The summed E-state index contributed by atoms with van der Waals surface area (Å²) in [6, 6.07) is 16.5. The summed E-state index contributed by atoms with van der Waals surface area (Å²) in [4.78, 5) is 17.5. The number of ether oxygens (including phenoxy) is 2. The smallest absolute Gasteiger partial charge is 0.258 e. The third kappa shape index (κ3) is 5.64. The van der Waals surface area contributed by atoms with Gasteiger partial charge in [0, 0.05) is 24.3 Å². The molecule has 0 spiro atoms. The number of benzene rings is 2. The van der Waals surface area contributed by atoms with Crippen LogP contribution in [0.4, 0.5) is 0 Å². The summed E-state index contributed by atoms with van der Waals surface area (Å²) in [5.41, 5.74) is 3.49. The number of hydrogen-bond acceptors (Lipinski definition) is 4. The molecule has 7 heteroatoms. The van der Waals surface area contributed by atoms with Gasteiger partial charge in [-0.1, -0.05) is 44.5 Å². The molecule has 0 aliphatic heterocycles. The first-order valence-corrected chi connectivity index (χ1v) is 11.2. The highest BCUT2D eigenvalue weighted by atomic mass is 35.5. The molecular formula is C26H28ClN3O3. The SMILES string of the molecule is Cn1c(COCC(C)(C)C)nc2ccc(-n3ccc(OCc4ccc(Cl)cc4)cc3=O)cc21. The number of hydrogen-bond donors (Lipinski definition) is 0. The number of nitrogens with zero attached hydrogens (tertiary/aromatic N) is 3. The van der Waals surface area contributed by atoms with Crippen molar-refractivity contribution < 1.29 is 9.47 Å². The molecule has 0 radical (unpaired) electrons. The fraction of sp³-hybridized carbons (Fsp3) is 0.308. The largest absolute Gasteiger partial charge is 0.489 e. The molecule has 0 aliphatic rings. The minimum Gasteiger partial charge on any atom is -0.489 e. The standard InChI is InChI=1S/C26H28ClN3O3/c1-26(2,3)17-32-16-24-28-22-10-9-20(13-23(22)29(24)4)30-12-11-21(14-25(30)31)33-15-18-5-7-19(27)8-6-18/h5-14H,15-17H2,1-4H3. The number of aryl methyl sites for hydroxylation is 1. The summed E-state index contributed by atoms with van der Waals surface area (Å²) in [6.07, 6.45) is 1.73. The van der Waals surface area contributed by atoms with Crippen molar-refractivity contribution in [2.45, 2.75) is 34.0 Å². The number of aromatic nitrogens is 3. The van der Waals surface area contributed by atoms with Crippen molar-refractivity contribution in [3.8, 4) is 11.4 Å². The summed E-state index contributed by atoms with van der Waals surface area (Å²) in [5.74, 6) is 1.37. The molecule has 0 bridgehead atoms. The zero-order valence-corrected chi connectivity index (χ0v) is 20.1. The van der Waals surface area contributed by atoms with Crippen molar-refractivity contribution in [1.82, 2.24) is 14.1 Å². The van der Waals surface area contributed by atoms with Crippen LogP contribution >= 0.6 is 11.6 Å². The van der Waals surface area contributed by atoms with Gasteiger partial charge in [-0.2, -0.15) is 0 Å². The Morgan fingerprint density at radius 1 is 1.00 bits per heavy atom. The Kier molecular flexibility index (Phi) is 6.58. The predicted octanol–water partition coefficient (Wildman–Crippen LogP) is 5.52. The molecule has 0 unspecified atom stereocenters. The van der Waals surface area contributed by atoms with E-state index in [4.69, 9.17) is 21.1 Å². The van der Waals surface area contributed by atoms with E-state index in [1.54, 1.807) is 16.8 Å². The van der Waals surface area contributed by atoms with Crippen molar-refractivity contribution in [3.05, 3.63) is 87.6 Å². The van der Waals surface area contributed by atoms with Gasteiger partial charge in [0.15, 0.2) is 0 Å². The third-order valence-corrected chi connectivity index (χ3v) is 5.46. The number of pyridine rings is 1. The Labute approximate surface area is 198 Å². The lowest BCUT2D eigenvalue weighted by Gasteiger charge is -2.17. The number of halogens is 1. The predicted molar refractivity (Wildman–Crippen MR) is 131 cm³/mol. The summed E-state index contributed by atoms with van der Waals surface area (Å²) in [7, 11) is 1.96. The van der Waals surface area contributed by atoms with Gasteiger partial charge in [0.25, 0.3) is 5.56 Å². The quantitative estimate of drug-likeness (QED) is 0.360. The molecule has 172 valence electrons. The topological polar surface area (TPSA) is 58.3 Å². The highest BCUT2D eigenvalue weighted by Gasteiger charge is 2.13. The Morgan fingerprint density at radius 3 is 2.45 bits per heavy atom. The molecule has 2 aromatic heterocycles. The van der Waals surface area contributed by atoms with Gasteiger partial charge in [0.05, 0.1) is 23.3 Å². The van der Waals surface area contributed by atoms with Crippen LogP contribution in [0.25, 0.3) is 16.7 Å². The minimum absolute atomic E-state index is 0.101. The van der Waals surface area contributed by atoms with Gasteiger partial charge in [-0.15, -0.1) is 0 Å². The van der Waals surface area contributed by atoms with Crippen molar-refractivity contribution in [3.63, 3.8) is 0 Å². The molecule has 0 saturated carbocycles. The van der Waals surface area contributed by atoms with Crippen LogP contribution in [0.1, 0.15) is 32.2 Å². The summed E-state index contributed by atoms with van der Waals surface area (Å²) >= 11 is 5.91. The van der Waals surface area contributed by atoms with E-state index in [2.05, 4.69) is 25.8 Å². The molecule has 4 aromatic rings. The first kappa shape index (κ1) is 23.1. The number of imidazole rings is 1. The summed E-state index contributed by atoms with van der Waals surface area (Å²) < 4.78 is 15.2. The van der Waals surface area contributed by atoms with Crippen molar-refractivity contribution in [2.75, 3.05) is 6.61 Å². The molecule has 0 N–H and O–H groups in total. The van der Waals surface area contributed by atoms with Gasteiger partial charge < -0.3 is 14.0 Å². The highest BCUT2D eigenvalue weighted by Crippen LogP contribution is 2.21. The van der Waals surface area contributed by atoms with Crippen LogP contribution in [0.2, 0.25) is 5.02 Å². The molecule has 0 atom stereocenters. The van der Waals surface area contributed by atoms with E-state index < -0.39 is 0 Å². The van der Waals surface area contributed by atoms with Crippen LogP contribution in [0, 0.1) is 5.41 Å². The maximum atomic E-state index is 12.8. The van der Waals surface area contributed by atoms with Gasteiger partial charge in [-0.05, 0) is 47.4 Å². The third-order valence-electron chi connectivity index (χ3n) is 5.21. The van der Waals surface area contributed by atoms with Crippen LogP contribution in [-0.2, 0) is 25.0 Å². The lowest BCUT2D eigenvalue weighted by atomic mass is 9.99. The van der Waals surface area contributed by atoms with E-state index in [9.17, 15) is 4.79 Å². The van der Waals surface area contributed by atoms with Crippen LogP contribution in [-0.4, -0.2) is 20.7 Å². The maximum Gasteiger partial charge on any atom is 0.258 e. The van der Waals surface area contributed by atoms with Crippen LogP contribution in [0.5, 0.6) is 5.75 Å². The van der Waals surface area contributed by atoms with Gasteiger partial charge in [0.2, 0.25) is 0 Å². The first-order valence-electron chi connectivity index (χ1n) is 10.8. The Morgan fingerprint density at radius 2 is 1.76 bits per heavy atom. The fourth-order valence-electron chi connectivity index (χ4n) is 3.47. The van der Waals surface area contributed by atoms with E-state index in [0.29, 0.717) is 30.6 Å². The average molecular weight is 466 g/mol. The second-order valence-electron chi connectivity index (χ2n) is 9.30. The van der Waals surface area contributed by atoms with Crippen molar-refractivity contribution in [1.29, 1.82) is 0 Å². The fourth-order valence-corrected chi connectivity index (χ4v) is 3.59. The highest BCUT2D eigenvalue weighted by molar-refractivity contribution is 6.30. The zero-order chi connectivity index (χ0) is 23.6. The van der Waals surface area contributed by atoms with E-state index >= 15 is 0 Å². The van der Waals surface area contributed by atoms with Crippen molar-refractivity contribution in [2.24, 2.45) is 12.5 Å².